The van der Waals surface area contributed by atoms with Crippen molar-refractivity contribution in [1.29, 1.82) is 0 Å². The predicted octanol–water partition coefficient (Wildman–Crippen LogP) is 2.00. The largest absolute Gasteiger partial charge is 0.496 e. The molecule has 0 saturated heterocycles. The highest BCUT2D eigenvalue weighted by Gasteiger charge is 2.30. The highest BCUT2D eigenvalue weighted by molar-refractivity contribution is 5.92. The number of unbranched alkanes of at least 4 members (excludes halogenated alkanes) is 1. The summed E-state index contributed by atoms with van der Waals surface area (Å²) in [6, 6.07) is 6.67. The van der Waals surface area contributed by atoms with E-state index >= 15 is 0 Å². The number of carbonyl (C=O) groups excluding carboxylic acids is 3. The molecule has 3 atom stereocenters. The van der Waals surface area contributed by atoms with Gasteiger partial charge in [0.1, 0.15) is 23.9 Å². The Morgan fingerprint density at radius 1 is 0.837 bits per heavy atom. The normalized spacial score (nSPS) is 17.6. The summed E-state index contributed by atoms with van der Waals surface area (Å²) in [6.45, 7) is 0.744. The van der Waals surface area contributed by atoms with Gasteiger partial charge in [0, 0.05) is 30.7 Å². The van der Waals surface area contributed by atoms with Crippen LogP contribution in [0.4, 0.5) is 4.79 Å². The first kappa shape index (κ1) is 38.5. The van der Waals surface area contributed by atoms with Crippen LogP contribution in [0.5, 0.6) is 5.75 Å². The number of aliphatic carboxylic acids is 3. The van der Waals surface area contributed by atoms with Crippen molar-refractivity contribution in [3.63, 3.8) is 0 Å². The van der Waals surface area contributed by atoms with Crippen molar-refractivity contribution in [2.24, 2.45) is 17.6 Å². The van der Waals surface area contributed by atoms with E-state index < -0.39 is 54.4 Å². The molecule has 1 aliphatic rings. The fourth-order valence-electron chi connectivity index (χ4n) is 6.02. The molecule has 1 fully saturated rings. The third-order valence-electron chi connectivity index (χ3n) is 8.85. The Hall–Kier alpha value is -4.92. The molecule has 0 spiro atoms. The SMILES string of the molecule is COc1c(CC(NC(=O)C2CCC(CN)CC2)C(=O)NCCCCC(NC(=O)NC(CCC(=O)O)C(=O)O)C(=O)O)ccc2ccccc12. The van der Waals surface area contributed by atoms with Crippen LogP contribution < -0.4 is 31.7 Å². The molecule has 0 bridgehead atoms. The molecule has 2 aromatic carbocycles. The van der Waals surface area contributed by atoms with Crippen molar-refractivity contribution < 1.29 is 48.8 Å². The maximum absolute atomic E-state index is 13.5. The first-order chi connectivity index (χ1) is 23.4. The topological polar surface area (TPSA) is 246 Å². The van der Waals surface area contributed by atoms with Crippen LogP contribution in [-0.2, 0) is 30.4 Å². The van der Waals surface area contributed by atoms with Crippen molar-refractivity contribution in [3.8, 4) is 5.75 Å². The first-order valence-electron chi connectivity index (χ1n) is 16.5. The quantitative estimate of drug-likeness (QED) is 0.0994. The summed E-state index contributed by atoms with van der Waals surface area (Å²) < 4.78 is 5.73. The van der Waals surface area contributed by atoms with Gasteiger partial charge in [-0.05, 0) is 74.8 Å². The maximum Gasteiger partial charge on any atom is 0.326 e. The summed E-state index contributed by atoms with van der Waals surface area (Å²) in [5, 5.41) is 39.5. The molecule has 3 unspecified atom stereocenters. The van der Waals surface area contributed by atoms with Gasteiger partial charge in [-0.2, -0.15) is 0 Å². The number of ether oxygens (including phenoxy) is 1. The molecule has 0 aromatic heterocycles. The highest BCUT2D eigenvalue weighted by Crippen LogP contribution is 2.31. The van der Waals surface area contributed by atoms with Crippen LogP contribution in [-0.4, -0.2) is 89.4 Å². The second kappa shape index (κ2) is 19.2. The minimum Gasteiger partial charge on any atom is -0.496 e. The lowest BCUT2D eigenvalue weighted by molar-refractivity contribution is -0.141. The van der Waals surface area contributed by atoms with Gasteiger partial charge in [-0.3, -0.25) is 14.4 Å². The molecule has 3 rings (SSSR count). The number of nitrogens with two attached hydrogens (primary N) is 1. The smallest absolute Gasteiger partial charge is 0.326 e. The van der Waals surface area contributed by atoms with Gasteiger partial charge >= 0.3 is 23.9 Å². The Labute approximate surface area is 284 Å². The van der Waals surface area contributed by atoms with Crippen LogP contribution in [0.1, 0.15) is 63.4 Å². The van der Waals surface area contributed by atoms with Gasteiger partial charge in [0.2, 0.25) is 11.8 Å². The molecular weight excluding hydrogens is 638 g/mol. The van der Waals surface area contributed by atoms with E-state index in [4.69, 9.17) is 15.6 Å². The van der Waals surface area contributed by atoms with Gasteiger partial charge in [-0.1, -0.05) is 36.4 Å². The van der Waals surface area contributed by atoms with Crippen molar-refractivity contribution in [2.75, 3.05) is 20.2 Å². The van der Waals surface area contributed by atoms with Crippen molar-refractivity contribution in [1.82, 2.24) is 21.3 Å². The zero-order valence-electron chi connectivity index (χ0n) is 27.6. The van der Waals surface area contributed by atoms with Crippen molar-refractivity contribution >= 4 is 46.5 Å². The Morgan fingerprint density at radius 3 is 2.10 bits per heavy atom. The van der Waals surface area contributed by atoms with E-state index in [-0.39, 0.29) is 44.1 Å². The number of carboxylic acids is 3. The zero-order valence-corrected chi connectivity index (χ0v) is 27.6. The lowest BCUT2D eigenvalue weighted by atomic mass is 9.81. The molecule has 15 nitrogen and oxygen atoms in total. The minimum absolute atomic E-state index is 0.0224. The van der Waals surface area contributed by atoms with Gasteiger partial charge < -0.3 is 47.1 Å². The van der Waals surface area contributed by atoms with Gasteiger partial charge in [0.25, 0.3) is 0 Å². The van der Waals surface area contributed by atoms with Gasteiger partial charge in [-0.15, -0.1) is 0 Å². The number of carbonyl (C=O) groups is 6. The van der Waals surface area contributed by atoms with Crippen LogP contribution in [0.3, 0.4) is 0 Å². The number of benzene rings is 2. The summed E-state index contributed by atoms with van der Waals surface area (Å²) in [6.07, 6.45) is 2.98. The molecule has 49 heavy (non-hydrogen) atoms. The van der Waals surface area contributed by atoms with E-state index in [1.807, 2.05) is 36.4 Å². The van der Waals surface area contributed by atoms with E-state index in [2.05, 4.69) is 21.3 Å². The van der Waals surface area contributed by atoms with Crippen LogP contribution in [0.2, 0.25) is 0 Å². The van der Waals surface area contributed by atoms with Crippen LogP contribution in [0.25, 0.3) is 10.8 Å². The van der Waals surface area contributed by atoms with E-state index in [0.29, 0.717) is 37.5 Å². The van der Waals surface area contributed by atoms with E-state index in [1.165, 1.54) is 0 Å². The lowest BCUT2D eigenvalue weighted by Crippen LogP contribution is -2.51. The fraction of sp³-hybridized carbons (Fsp3) is 0.529. The van der Waals surface area contributed by atoms with Crippen LogP contribution in [0, 0.1) is 11.8 Å². The second-order valence-electron chi connectivity index (χ2n) is 12.3. The van der Waals surface area contributed by atoms with Crippen LogP contribution in [0.15, 0.2) is 36.4 Å². The summed E-state index contributed by atoms with van der Waals surface area (Å²) in [5.41, 5.74) is 6.56. The molecule has 15 heteroatoms. The summed E-state index contributed by atoms with van der Waals surface area (Å²) in [5.74, 6) is -3.86. The maximum atomic E-state index is 13.5. The number of nitrogens with one attached hydrogen (secondary N) is 4. The number of amides is 4. The molecule has 268 valence electrons. The number of hydrogen-bond donors (Lipinski definition) is 8. The standard InChI is InChI=1S/C34H47N5O10/c1-49-29-23(14-13-21-6-2-3-7-24(21)29)18-27(37-30(42)22-11-9-20(19-35)10-12-22)31(43)36-17-5-4-8-25(32(44)45)38-34(48)39-26(33(46)47)15-16-28(40)41/h2-3,6-7,13-14,20,22,25-27H,4-5,8-12,15-19,35H2,1H3,(H,36,43)(H,37,42)(H,40,41)(H,44,45)(H,46,47)(H2,38,39,48). The van der Waals surface area contributed by atoms with E-state index in [1.54, 1.807) is 7.11 Å². The Bertz CT molecular complexity index is 1480. The van der Waals surface area contributed by atoms with E-state index in [9.17, 15) is 39.0 Å². The average Bonchev–Trinajstić information content (AvgIpc) is 3.08. The Morgan fingerprint density at radius 2 is 1.49 bits per heavy atom. The van der Waals surface area contributed by atoms with Gasteiger partial charge in [-0.25, -0.2) is 14.4 Å². The second-order valence-corrected chi connectivity index (χ2v) is 12.3. The molecule has 1 aliphatic carbocycles. The Kier molecular flexibility index (Phi) is 15.1. The third kappa shape index (κ3) is 11.9. The molecular formula is C34H47N5O10. The van der Waals surface area contributed by atoms with Crippen molar-refractivity contribution in [3.05, 3.63) is 42.0 Å². The van der Waals surface area contributed by atoms with Gasteiger partial charge in [0.05, 0.1) is 7.11 Å². The molecule has 1 saturated carbocycles. The van der Waals surface area contributed by atoms with Crippen LogP contribution >= 0.6 is 0 Å². The number of fused-ring (bicyclic) bond motifs is 1. The minimum atomic E-state index is -1.51. The summed E-state index contributed by atoms with van der Waals surface area (Å²) in [4.78, 5) is 73.0. The number of hydrogen-bond acceptors (Lipinski definition) is 8. The number of carboxylic acid groups (broad SMARTS) is 3. The molecule has 0 radical (unpaired) electrons. The predicted molar refractivity (Wildman–Crippen MR) is 179 cm³/mol. The van der Waals surface area contributed by atoms with Gasteiger partial charge in [0.15, 0.2) is 0 Å². The Balaban J connectivity index is 1.60. The molecule has 0 heterocycles. The molecule has 9 N–H and O–H groups in total. The highest BCUT2D eigenvalue weighted by atomic mass is 16.5. The summed E-state index contributed by atoms with van der Waals surface area (Å²) in [7, 11) is 1.56. The average molecular weight is 686 g/mol. The number of methoxy groups -OCH3 is 1. The fourth-order valence-corrected chi connectivity index (χ4v) is 6.02. The first-order valence-corrected chi connectivity index (χ1v) is 16.5. The monoisotopic (exact) mass is 685 g/mol. The number of urea groups is 1. The third-order valence-corrected chi connectivity index (χ3v) is 8.85. The van der Waals surface area contributed by atoms with E-state index in [0.717, 1.165) is 29.2 Å². The molecule has 2 aromatic rings. The molecule has 4 amide bonds. The number of rotatable bonds is 19. The van der Waals surface area contributed by atoms with Crippen molar-refractivity contribution in [2.45, 2.75) is 82.3 Å². The molecule has 0 aliphatic heterocycles. The lowest BCUT2D eigenvalue weighted by Gasteiger charge is -2.28. The summed E-state index contributed by atoms with van der Waals surface area (Å²) >= 11 is 0. The zero-order chi connectivity index (χ0) is 35.9.